The normalized spacial score (nSPS) is 35.9. The summed E-state index contributed by atoms with van der Waals surface area (Å²) in [4.78, 5) is 0. The van der Waals surface area contributed by atoms with Crippen LogP contribution in [0, 0.1) is 17.3 Å². The Morgan fingerprint density at radius 1 is 0.960 bits per heavy atom. The third kappa shape index (κ3) is 1.74. The van der Waals surface area contributed by atoms with Crippen LogP contribution < -0.4 is 4.74 Å². The van der Waals surface area contributed by atoms with E-state index in [-0.39, 0.29) is 11.5 Å². The first kappa shape index (κ1) is 14.2. The SMILES string of the molecule is CC1(C)C2=C(C3C=CC=CC31)C1Oc3c(C4CC4)cccc3C1C=C2. The average molecular weight is 328 g/mol. The third-order valence-corrected chi connectivity index (χ3v) is 7.13. The lowest BCUT2D eigenvalue weighted by molar-refractivity contribution is 0.238. The van der Waals surface area contributed by atoms with Crippen molar-refractivity contribution in [3.05, 3.63) is 76.9 Å². The highest BCUT2D eigenvalue weighted by Gasteiger charge is 2.52. The molecule has 1 heteroatoms. The zero-order valence-corrected chi connectivity index (χ0v) is 14.9. The van der Waals surface area contributed by atoms with Gasteiger partial charge in [0, 0.05) is 17.4 Å². The Hall–Kier alpha value is -2.02. The van der Waals surface area contributed by atoms with E-state index in [0.29, 0.717) is 17.8 Å². The van der Waals surface area contributed by atoms with E-state index >= 15 is 0 Å². The molecule has 0 saturated heterocycles. The zero-order chi connectivity index (χ0) is 16.8. The van der Waals surface area contributed by atoms with Gasteiger partial charge in [0.15, 0.2) is 0 Å². The third-order valence-electron chi connectivity index (χ3n) is 7.13. The van der Waals surface area contributed by atoms with Crippen LogP contribution in [-0.4, -0.2) is 6.10 Å². The summed E-state index contributed by atoms with van der Waals surface area (Å²) in [6.07, 6.45) is 16.9. The number of fused-ring (bicyclic) bond motifs is 6. The van der Waals surface area contributed by atoms with Gasteiger partial charge in [-0.25, -0.2) is 0 Å². The van der Waals surface area contributed by atoms with E-state index in [1.807, 2.05) is 0 Å². The summed E-state index contributed by atoms with van der Waals surface area (Å²) >= 11 is 0. The van der Waals surface area contributed by atoms with Gasteiger partial charge < -0.3 is 4.74 Å². The smallest absolute Gasteiger partial charge is 0.131 e. The molecule has 0 amide bonds. The van der Waals surface area contributed by atoms with E-state index in [1.54, 1.807) is 5.57 Å². The first-order valence-corrected chi connectivity index (χ1v) is 9.73. The molecule has 4 aliphatic carbocycles. The minimum absolute atomic E-state index is 0.181. The second-order valence-corrected chi connectivity index (χ2v) is 8.88. The summed E-state index contributed by atoms with van der Waals surface area (Å²) in [5.74, 6) is 3.38. The number of benzene rings is 1. The molecule has 4 unspecified atom stereocenters. The predicted octanol–water partition coefficient (Wildman–Crippen LogP) is 5.67. The number of para-hydroxylation sites is 1. The van der Waals surface area contributed by atoms with Crippen LogP contribution in [-0.2, 0) is 0 Å². The standard InChI is InChI=1S/C24H24O/c1-24(2)19-9-4-3-6-18(19)21-20(24)13-12-17-16-8-5-7-15(14-10-11-14)22(16)25-23(17)21/h3-9,12-14,17-19,23H,10-11H2,1-2H3. The van der Waals surface area contributed by atoms with Crippen LogP contribution in [0.1, 0.15) is 49.7 Å². The highest BCUT2D eigenvalue weighted by atomic mass is 16.5. The molecule has 1 saturated carbocycles. The number of allylic oxidation sites excluding steroid dienone is 6. The fourth-order valence-corrected chi connectivity index (χ4v) is 5.69. The molecule has 0 N–H and O–H groups in total. The molecule has 0 aromatic heterocycles. The molecule has 126 valence electrons. The zero-order valence-electron chi connectivity index (χ0n) is 14.9. The highest BCUT2D eigenvalue weighted by Crippen LogP contribution is 2.60. The molecule has 5 aliphatic rings. The molecule has 1 fully saturated rings. The topological polar surface area (TPSA) is 9.23 Å². The maximum atomic E-state index is 6.73. The first-order chi connectivity index (χ1) is 12.2. The Kier molecular flexibility index (Phi) is 2.60. The minimum Gasteiger partial charge on any atom is -0.484 e. The second-order valence-electron chi connectivity index (χ2n) is 8.88. The van der Waals surface area contributed by atoms with Crippen molar-refractivity contribution in [1.29, 1.82) is 0 Å². The van der Waals surface area contributed by atoms with Crippen molar-refractivity contribution in [2.24, 2.45) is 17.3 Å². The van der Waals surface area contributed by atoms with Gasteiger partial charge >= 0.3 is 0 Å². The van der Waals surface area contributed by atoms with Crippen LogP contribution in [0.4, 0.5) is 0 Å². The van der Waals surface area contributed by atoms with Crippen LogP contribution in [0.3, 0.4) is 0 Å². The van der Waals surface area contributed by atoms with E-state index in [9.17, 15) is 0 Å². The molecular weight excluding hydrogens is 304 g/mol. The molecule has 1 heterocycles. The second kappa shape index (κ2) is 4.58. The maximum absolute atomic E-state index is 6.73. The number of ether oxygens (including phenoxy) is 1. The Labute approximate surface area is 149 Å². The summed E-state index contributed by atoms with van der Waals surface area (Å²) in [5, 5.41) is 0. The van der Waals surface area contributed by atoms with Crippen LogP contribution in [0.15, 0.2) is 65.8 Å². The van der Waals surface area contributed by atoms with Crippen molar-refractivity contribution in [2.45, 2.75) is 44.6 Å². The Morgan fingerprint density at radius 2 is 1.76 bits per heavy atom. The lowest BCUT2D eigenvalue weighted by atomic mass is 9.73. The molecule has 1 aromatic rings. The molecule has 4 atom stereocenters. The lowest BCUT2D eigenvalue weighted by Crippen LogP contribution is -2.27. The number of hydrogen-bond donors (Lipinski definition) is 0. The molecule has 0 radical (unpaired) electrons. The van der Waals surface area contributed by atoms with E-state index in [0.717, 1.165) is 5.92 Å². The Balaban J connectivity index is 1.49. The van der Waals surface area contributed by atoms with Gasteiger partial charge in [0.05, 0.1) is 0 Å². The van der Waals surface area contributed by atoms with Crippen molar-refractivity contribution in [2.75, 3.05) is 0 Å². The van der Waals surface area contributed by atoms with E-state index < -0.39 is 0 Å². The lowest BCUT2D eigenvalue weighted by Gasteiger charge is -2.30. The summed E-state index contributed by atoms with van der Waals surface area (Å²) in [6, 6.07) is 6.81. The number of rotatable bonds is 1. The summed E-state index contributed by atoms with van der Waals surface area (Å²) in [5.41, 5.74) is 6.10. The molecule has 25 heavy (non-hydrogen) atoms. The molecule has 6 rings (SSSR count). The van der Waals surface area contributed by atoms with Crippen molar-refractivity contribution in [3.63, 3.8) is 0 Å². The van der Waals surface area contributed by atoms with Crippen molar-refractivity contribution >= 4 is 0 Å². The summed E-state index contributed by atoms with van der Waals surface area (Å²) < 4.78 is 6.73. The maximum Gasteiger partial charge on any atom is 0.131 e. The first-order valence-electron chi connectivity index (χ1n) is 9.73. The average Bonchev–Trinajstić information content (AvgIpc) is 3.35. The Bertz CT molecular complexity index is 891. The van der Waals surface area contributed by atoms with Gasteiger partial charge in [-0.05, 0) is 46.8 Å². The van der Waals surface area contributed by atoms with Crippen LogP contribution >= 0.6 is 0 Å². The van der Waals surface area contributed by atoms with Gasteiger partial charge in [-0.15, -0.1) is 0 Å². The van der Waals surface area contributed by atoms with E-state index in [2.05, 4.69) is 68.5 Å². The fourth-order valence-electron chi connectivity index (χ4n) is 5.69. The molecular formula is C24H24O. The van der Waals surface area contributed by atoms with E-state index in [4.69, 9.17) is 4.74 Å². The molecule has 1 aromatic carbocycles. The Morgan fingerprint density at radius 3 is 2.60 bits per heavy atom. The van der Waals surface area contributed by atoms with Gasteiger partial charge in [-0.3, -0.25) is 0 Å². The minimum atomic E-state index is 0.181. The number of hydrogen-bond acceptors (Lipinski definition) is 1. The summed E-state index contributed by atoms with van der Waals surface area (Å²) in [7, 11) is 0. The summed E-state index contributed by atoms with van der Waals surface area (Å²) in [6.45, 7) is 4.80. The predicted molar refractivity (Wildman–Crippen MR) is 101 cm³/mol. The molecule has 1 nitrogen and oxygen atoms in total. The van der Waals surface area contributed by atoms with Gasteiger partial charge in [0.25, 0.3) is 0 Å². The van der Waals surface area contributed by atoms with Crippen molar-refractivity contribution < 1.29 is 4.74 Å². The van der Waals surface area contributed by atoms with Crippen LogP contribution in [0.25, 0.3) is 0 Å². The highest BCUT2D eigenvalue weighted by molar-refractivity contribution is 5.59. The van der Waals surface area contributed by atoms with Crippen molar-refractivity contribution in [1.82, 2.24) is 0 Å². The van der Waals surface area contributed by atoms with Gasteiger partial charge in [-0.1, -0.05) is 68.5 Å². The largest absolute Gasteiger partial charge is 0.484 e. The van der Waals surface area contributed by atoms with Crippen LogP contribution in [0.2, 0.25) is 0 Å². The van der Waals surface area contributed by atoms with E-state index in [1.165, 1.54) is 35.3 Å². The quantitative estimate of drug-likeness (QED) is 0.645. The molecule has 1 aliphatic heterocycles. The van der Waals surface area contributed by atoms with Gasteiger partial charge in [-0.2, -0.15) is 0 Å². The monoisotopic (exact) mass is 328 g/mol. The van der Waals surface area contributed by atoms with Gasteiger partial charge in [0.2, 0.25) is 0 Å². The van der Waals surface area contributed by atoms with Crippen molar-refractivity contribution in [3.8, 4) is 5.75 Å². The molecule has 0 bridgehead atoms. The molecule has 0 spiro atoms. The fraction of sp³-hybridized carbons (Fsp3) is 0.417. The van der Waals surface area contributed by atoms with Crippen LogP contribution in [0.5, 0.6) is 5.75 Å². The van der Waals surface area contributed by atoms with Gasteiger partial charge in [0.1, 0.15) is 11.9 Å².